The first-order valence-corrected chi connectivity index (χ1v) is 10.4. The topological polar surface area (TPSA) is 86.5 Å². The van der Waals surface area contributed by atoms with Crippen LogP contribution in [0.1, 0.15) is 37.0 Å². The van der Waals surface area contributed by atoms with Gasteiger partial charge < -0.3 is 4.74 Å². The highest BCUT2D eigenvalue weighted by atomic mass is 79.9. The van der Waals surface area contributed by atoms with Crippen LogP contribution in [0.15, 0.2) is 68.6 Å². The van der Waals surface area contributed by atoms with Gasteiger partial charge in [-0.25, -0.2) is 4.79 Å². The average Bonchev–Trinajstić information content (AvgIpc) is 2.64. The van der Waals surface area contributed by atoms with Crippen molar-refractivity contribution in [3.05, 3.63) is 79.3 Å². The maximum absolute atomic E-state index is 12.8. The van der Waals surface area contributed by atoms with E-state index in [1.54, 1.807) is 42.5 Å². The van der Waals surface area contributed by atoms with Crippen molar-refractivity contribution in [3.8, 4) is 0 Å². The number of ketones is 1. The van der Waals surface area contributed by atoms with Crippen molar-refractivity contribution in [1.82, 2.24) is 0 Å². The van der Waals surface area contributed by atoms with E-state index in [-0.39, 0.29) is 34.0 Å². The molecule has 0 saturated carbocycles. The summed E-state index contributed by atoms with van der Waals surface area (Å²) in [7, 11) is 0. The normalized spacial score (nSPS) is 15.9. The van der Waals surface area contributed by atoms with Crippen molar-refractivity contribution in [1.29, 1.82) is 0 Å². The van der Waals surface area contributed by atoms with Crippen LogP contribution in [0.3, 0.4) is 0 Å². The number of hydrogen-bond donors (Lipinski definition) is 0. The van der Waals surface area contributed by atoms with Gasteiger partial charge in [0.05, 0.1) is 20.3 Å². The molecular formula is C21H18BrNO5S. The quantitative estimate of drug-likeness (QED) is 0.303. The molecule has 8 heteroatoms. The summed E-state index contributed by atoms with van der Waals surface area (Å²) >= 11 is 4.30. The van der Waals surface area contributed by atoms with Gasteiger partial charge in [0.2, 0.25) is 0 Å². The predicted octanol–water partition coefficient (Wildman–Crippen LogP) is 5.91. The SMILES string of the molecule is CC1(C)CC(=O)C(Sc2ccccc2[N+](=O)[O-])=C(OC(=O)c2ccccc2Br)C1. The molecular weight excluding hydrogens is 458 g/mol. The molecule has 3 rings (SSSR count). The molecule has 6 nitrogen and oxygen atoms in total. The monoisotopic (exact) mass is 475 g/mol. The summed E-state index contributed by atoms with van der Waals surface area (Å²) < 4.78 is 6.23. The van der Waals surface area contributed by atoms with Gasteiger partial charge in [0.15, 0.2) is 5.78 Å². The fraction of sp³-hybridized carbons (Fsp3) is 0.238. The van der Waals surface area contributed by atoms with Gasteiger partial charge in [0, 0.05) is 23.4 Å². The van der Waals surface area contributed by atoms with E-state index in [0.717, 1.165) is 11.8 Å². The molecule has 29 heavy (non-hydrogen) atoms. The van der Waals surface area contributed by atoms with Crippen molar-refractivity contribution in [2.75, 3.05) is 0 Å². The van der Waals surface area contributed by atoms with Crippen LogP contribution in [0, 0.1) is 15.5 Å². The van der Waals surface area contributed by atoms with E-state index in [1.807, 2.05) is 13.8 Å². The average molecular weight is 476 g/mol. The summed E-state index contributed by atoms with van der Waals surface area (Å²) in [6.45, 7) is 3.84. The summed E-state index contributed by atoms with van der Waals surface area (Å²) in [5, 5.41) is 11.3. The second-order valence-electron chi connectivity index (χ2n) is 7.39. The first kappa shape index (κ1) is 21.3. The number of Topliss-reactive ketones (excluding diaryl/α,β-unsaturated/α-hetero) is 1. The summed E-state index contributed by atoms with van der Waals surface area (Å²) in [5.74, 6) is -0.534. The standard InChI is InChI=1S/C21H18BrNO5S/c1-21(2)11-16(24)19(29-18-10-6-5-9-15(18)23(26)27)17(12-21)28-20(25)13-7-3-4-8-14(13)22/h3-10H,11-12H2,1-2H3. The molecule has 0 spiro atoms. The lowest BCUT2D eigenvalue weighted by atomic mass is 9.79. The number of halogens is 1. The molecule has 1 aliphatic carbocycles. The van der Waals surface area contributed by atoms with Gasteiger partial charge in [-0.05, 0) is 39.5 Å². The lowest BCUT2D eigenvalue weighted by molar-refractivity contribution is -0.387. The summed E-state index contributed by atoms with van der Waals surface area (Å²) in [6, 6.07) is 13.0. The highest BCUT2D eigenvalue weighted by Gasteiger charge is 2.36. The molecule has 0 radical (unpaired) electrons. The zero-order valence-electron chi connectivity index (χ0n) is 15.8. The zero-order valence-corrected chi connectivity index (χ0v) is 18.2. The first-order chi connectivity index (χ1) is 13.7. The van der Waals surface area contributed by atoms with E-state index in [4.69, 9.17) is 4.74 Å². The Labute approximate surface area is 180 Å². The number of nitrogens with zero attached hydrogens (tertiary/aromatic N) is 1. The molecule has 0 saturated heterocycles. The van der Waals surface area contributed by atoms with Crippen LogP contribution in [0.4, 0.5) is 5.69 Å². The lowest BCUT2D eigenvalue weighted by Crippen LogP contribution is -2.27. The number of esters is 1. The van der Waals surface area contributed by atoms with Crippen molar-refractivity contribution >= 4 is 45.1 Å². The molecule has 2 aromatic rings. The van der Waals surface area contributed by atoms with Crippen LogP contribution in [-0.4, -0.2) is 16.7 Å². The second kappa shape index (κ2) is 8.51. The summed E-state index contributed by atoms with van der Waals surface area (Å²) in [4.78, 5) is 37.0. The van der Waals surface area contributed by atoms with Gasteiger partial charge in [-0.1, -0.05) is 49.9 Å². The highest BCUT2D eigenvalue weighted by Crippen LogP contribution is 2.45. The Bertz CT molecular complexity index is 1030. The number of allylic oxidation sites excluding steroid dienone is 2. The van der Waals surface area contributed by atoms with E-state index in [0.29, 0.717) is 21.4 Å². The van der Waals surface area contributed by atoms with E-state index in [1.165, 1.54) is 6.07 Å². The number of nitro groups is 1. The van der Waals surface area contributed by atoms with E-state index in [2.05, 4.69) is 15.9 Å². The number of ether oxygens (including phenoxy) is 1. The van der Waals surface area contributed by atoms with Crippen molar-refractivity contribution in [2.45, 2.75) is 31.6 Å². The molecule has 150 valence electrons. The van der Waals surface area contributed by atoms with Gasteiger partial charge in [0.1, 0.15) is 5.76 Å². The van der Waals surface area contributed by atoms with Crippen LogP contribution in [0.5, 0.6) is 0 Å². The number of hydrogen-bond acceptors (Lipinski definition) is 6. The van der Waals surface area contributed by atoms with E-state index >= 15 is 0 Å². The van der Waals surface area contributed by atoms with Gasteiger partial charge in [-0.15, -0.1) is 0 Å². The molecule has 0 N–H and O–H groups in total. The Morgan fingerprint density at radius 1 is 1.14 bits per heavy atom. The first-order valence-electron chi connectivity index (χ1n) is 8.82. The largest absolute Gasteiger partial charge is 0.426 e. The molecule has 0 aromatic heterocycles. The Balaban J connectivity index is 2.00. The number of nitro benzene ring substituents is 1. The molecule has 0 amide bonds. The third-order valence-electron chi connectivity index (χ3n) is 4.37. The Morgan fingerprint density at radius 3 is 2.48 bits per heavy atom. The lowest BCUT2D eigenvalue weighted by Gasteiger charge is -2.31. The molecule has 2 aromatic carbocycles. The van der Waals surface area contributed by atoms with E-state index in [9.17, 15) is 19.7 Å². The number of carbonyl (C=O) groups excluding carboxylic acids is 2. The van der Waals surface area contributed by atoms with Gasteiger partial charge in [-0.2, -0.15) is 0 Å². The van der Waals surface area contributed by atoms with Crippen LogP contribution in [-0.2, 0) is 9.53 Å². The number of carbonyl (C=O) groups is 2. The minimum atomic E-state index is -0.585. The number of rotatable bonds is 5. The van der Waals surface area contributed by atoms with Crippen LogP contribution in [0.25, 0.3) is 0 Å². The maximum atomic E-state index is 12.8. The number of thioether (sulfide) groups is 1. The minimum Gasteiger partial charge on any atom is -0.426 e. The Hall–Kier alpha value is -2.45. The third-order valence-corrected chi connectivity index (χ3v) is 6.28. The summed E-state index contributed by atoms with van der Waals surface area (Å²) in [6.07, 6.45) is 0.643. The molecule has 0 fully saturated rings. The highest BCUT2D eigenvalue weighted by molar-refractivity contribution is 9.10. The molecule has 1 aliphatic rings. The zero-order chi connectivity index (χ0) is 21.2. The van der Waals surface area contributed by atoms with Gasteiger partial charge >= 0.3 is 5.97 Å². The number of para-hydroxylation sites is 1. The molecule has 0 aliphatic heterocycles. The fourth-order valence-electron chi connectivity index (χ4n) is 3.04. The van der Waals surface area contributed by atoms with Gasteiger partial charge in [0.25, 0.3) is 5.69 Å². The van der Waals surface area contributed by atoms with Crippen molar-refractivity contribution in [3.63, 3.8) is 0 Å². The second-order valence-corrected chi connectivity index (χ2v) is 9.30. The molecule has 0 bridgehead atoms. The maximum Gasteiger partial charge on any atom is 0.344 e. The predicted molar refractivity (Wildman–Crippen MR) is 114 cm³/mol. The Morgan fingerprint density at radius 2 is 1.79 bits per heavy atom. The third kappa shape index (κ3) is 4.94. The molecule has 0 heterocycles. The number of benzene rings is 2. The van der Waals surface area contributed by atoms with Crippen molar-refractivity contribution < 1.29 is 19.2 Å². The smallest absolute Gasteiger partial charge is 0.344 e. The summed E-state index contributed by atoms with van der Waals surface area (Å²) in [5.41, 5.74) is -0.141. The van der Waals surface area contributed by atoms with Crippen LogP contribution in [0.2, 0.25) is 0 Å². The van der Waals surface area contributed by atoms with Crippen LogP contribution < -0.4 is 0 Å². The van der Waals surface area contributed by atoms with E-state index < -0.39 is 10.9 Å². The molecule has 0 unspecified atom stereocenters. The minimum absolute atomic E-state index is 0.0980. The van der Waals surface area contributed by atoms with Gasteiger partial charge in [-0.3, -0.25) is 14.9 Å². The fourth-order valence-corrected chi connectivity index (χ4v) is 4.52. The van der Waals surface area contributed by atoms with Crippen molar-refractivity contribution in [2.24, 2.45) is 5.41 Å². The molecule has 0 atom stereocenters. The van der Waals surface area contributed by atoms with Crippen LogP contribution >= 0.6 is 27.7 Å². The Kier molecular flexibility index (Phi) is 6.24.